The van der Waals surface area contributed by atoms with Crippen molar-refractivity contribution in [1.82, 2.24) is 13.9 Å². The number of aromatic nitrogens is 3. The summed E-state index contributed by atoms with van der Waals surface area (Å²) < 4.78 is 10.9. The predicted octanol–water partition coefficient (Wildman–Crippen LogP) is 5.86. The Hall–Kier alpha value is -4.57. The highest BCUT2D eigenvalue weighted by Gasteiger charge is 2.25. The van der Waals surface area contributed by atoms with Crippen LogP contribution < -0.4 is 10.3 Å². The highest BCUT2D eigenvalue weighted by atomic mass is 16.5. The Morgan fingerprint density at radius 3 is 2.34 bits per heavy atom. The summed E-state index contributed by atoms with van der Waals surface area (Å²) in [4.78, 5) is 27.1. The molecule has 0 saturated carbocycles. The number of unbranched alkanes of at least 4 members (excludes halogenated alkanes) is 1. The second kappa shape index (κ2) is 11.2. The van der Waals surface area contributed by atoms with Crippen LogP contribution in [0.1, 0.15) is 52.8 Å². The molecule has 2 aromatic heterocycles. The van der Waals surface area contributed by atoms with Crippen LogP contribution in [0, 0.1) is 32.1 Å². The van der Waals surface area contributed by atoms with Crippen molar-refractivity contribution in [3.8, 4) is 23.2 Å². The highest BCUT2D eigenvalue weighted by Crippen LogP contribution is 2.25. The van der Waals surface area contributed by atoms with Gasteiger partial charge in [0, 0.05) is 24.0 Å². The molecule has 0 fully saturated rings. The first kappa shape index (κ1) is 26.5. The fourth-order valence-corrected chi connectivity index (χ4v) is 4.60. The van der Waals surface area contributed by atoms with Gasteiger partial charge >= 0.3 is 0 Å². The van der Waals surface area contributed by atoms with Crippen molar-refractivity contribution in [3.05, 3.63) is 105 Å². The lowest BCUT2D eigenvalue weighted by Crippen LogP contribution is -2.22. The topological polar surface area (TPSA) is 81.9 Å². The Labute approximate surface area is 222 Å². The lowest BCUT2D eigenvalue weighted by Gasteiger charge is -2.08. The SMILES string of the molecule is CCCCOc1ccc(C=C(C#N)C(=O)c2cc(C)n(-c3c(C)n(C)n(-c4ccccc4)c3=O)c2C)cc1. The molecule has 0 N–H and O–H groups in total. The molecule has 7 nitrogen and oxygen atoms in total. The number of nitriles is 1. The molecule has 194 valence electrons. The number of aryl methyl sites for hydroxylation is 1. The number of allylic oxidation sites excluding steroid dienone is 1. The Morgan fingerprint density at radius 2 is 1.71 bits per heavy atom. The van der Waals surface area contributed by atoms with Crippen molar-refractivity contribution in [3.63, 3.8) is 0 Å². The summed E-state index contributed by atoms with van der Waals surface area (Å²) in [5.41, 5.74) is 4.31. The number of carbonyl (C=O) groups excluding carboxylic acids is 1. The molecule has 0 unspecified atom stereocenters. The summed E-state index contributed by atoms with van der Waals surface area (Å²) in [6.45, 7) is 8.30. The number of ketones is 1. The number of ether oxygens (including phenoxy) is 1. The van der Waals surface area contributed by atoms with Crippen LogP contribution in [0.2, 0.25) is 0 Å². The van der Waals surface area contributed by atoms with Gasteiger partial charge in [-0.3, -0.25) is 14.3 Å². The molecular weight excluding hydrogens is 476 g/mol. The average molecular weight is 509 g/mol. The normalized spacial score (nSPS) is 11.4. The average Bonchev–Trinajstić information content (AvgIpc) is 3.33. The molecule has 2 aromatic carbocycles. The van der Waals surface area contributed by atoms with Gasteiger partial charge in [0.1, 0.15) is 23.1 Å². The van der Waals surface area contributed by atoms with Gasteiger partial charge in [-0.15, -0.1) is 0 Å². The zero-order valence-electron chi connectivity index (χ0n) is 22.5. The fraction of sp³-hybridized carbons (Fsp3) is 0.258. The molecule has 2 heterocycles. The number of carbonyl (C=O) groups is 1. The maximum Gasteiger partial charge on any atom is 0.295 e. The summed E-state index contributed by atoms with van der Waals surface area (Å²) in [7, 11) is 1.84. The highest BCUT2D eigenvalue weighted by molar-refractivity contribution is 6.14. The van der Waals surface area contributed by atoms with Gasteiger partial charge in [-0.25, -0.2) is 4.68 Å². The maximum atomic E-state index is 13.6. The molecule has 4 rings (SSSR count). The molecule has 0 spiro atoms. The van der Waals surface area contributed by atoms with Crippen LogP contribution in [0.5, 0.6) is 5.75 Å². The number of hydrogen-bond acceptors (Lipinski definition) is 4. The lowest BCUT2D eigenvalue weighted by atomic mass is 10.0. The first-order valence-electron chi connectivity index (χ1n) is 12.7. The van der Waals surface area contributed by atoms with Crippen LogP contribution in [0.25, 0.3) is 17.5 Å². The molecule has 0 saturated heterocycles. The summed E-state index contributed by atoms with van der Waals surface area (Å²) in [5, 5.41) is 9.83. The van der Waals surface area contributed by atoms with Crippen LogP contribution >= 0.6 is 0 Å². The van der Waals surface area contributed by atoms with Crippen LogP contribution in [0.3, 0.4) is 0 Å². The van der Waals surface area contributed by atoms with Crippen molar-refractivity contribution >= 4 is 11.9 Å². The van der Waals surface area contributed by atoms with E-state index < -0.39 is 0 Å². The minimum absolute atomic E-state index is 0.0244. The van der Waals surface area contributed by atoms with Gasteiger partial charge < -0.3 is 9.30 Å². The summed E-state index contributed by atoms with van der Waals surface area (Å²) >= 11 is 0. The molecule has 0 radical (unpaired) electrons. The van der Waals surface area contributed by atoms with Gasteiger partial charge in [-0.1, -0.05) is 43.7 Å². The van der Waals surface area contributed by atoms with E-state index in [-0.39, 0.29) is 16.9 Å². The van der Waals surface area contributed by atoms with E-state index in [1.54, 1.807) is 23.7 Å². The molecular formula is C31H32N4O3. The van der Waals surface area contributed by atoms with Gasteiger partial charge in [-0.05, 0) is 69.2 Å². The van der Waals surface area contributed by atoms with E-state index in [9.17, 15) is 14.9 Å². The molecule has 0 aliphatic heterocycles. The monoisotopic (exact) mass is 508 g/mol. The lowest BCUT2D eigenvalue weighted by molar-refractivity contribution is 0.103. The van der Waals surface area contributed by atoms with Gasteiger partial charge in [0.15, 0.2) is 0 Å². The zero-order chi connectivity index (χ0) is 27.4. The Balaban J connectivity index is 1.70. The first-order chi connectivity index (χ1) is 18.3. The molecule has 38 heavy (non-hydrogen) atoms. The van der Waals surface area contributed by atoms with E-state index in [1.165, 1.54) is 0 Å². The van der Waals surface area contributed by atoms with Crippen LogP contribution in [0.15, 0.2) is 71.0 Å². The van der Waals surface area contributed by atoms with Crippen molar-refractivity contribution in [2.45, 2.75) is 40.5 Å². The van der Waals surface area contributed by atoms with E-state index >= 15 is 0 Å². The van der Waals surface area contributed by atoms with E-state index in [2.05, 4.69) is 13.0 Å². The van der Waals surface area contributed by atoms with E-state index in [1.807, 2.05) is 84.7 Å². The van der Waals surface area contributed by atoms with Gasteiger partial charge in [0.25, 0.3) is 5.56 Å². The van der Waals surface area contributed by atoms with Gasteiger partial charge in [0.05, 0.1) is 18.0 Å². The smallest absolute Gasteiger partial charge is 0.295 e. The standard InChI is InChI=1S/C31H32N4O3/c1-6-7-17-38-27-15-13-24(14-16-27)19-25(20-32)30(36)28-18-21(2)34(22(28)3)29-23(4)33(5)35(31(29)37)26-11-9-8-10-12-26/h8-16,18-19H,6-7,17H2,1-5H3. The largest absolute Gasteiger partial charge is 0.494 e. The molecule has 0 bridgehead atoms. The number of hydrogen-bond donors (Lipinski definition) is 0. The van der Waals surface area contributed by atoms with Crippen LogP contribution in [-0.4, -0.2) is 26.3 Å². The van der Waals surface area contributed by atoms with Crippen LogP contribution in [-0.2, 0) is 7.05 Å². The zero-order valence-corrected chi connectivity index (χ0v) is 22.5. The van der Waals surface area contributed by atoms with E-state index in [0.29, 0.717) is 23.6 Å². The quantitative estimate of drug-likeness (QED) is 0.123. The molecule has 7 heteroatoms. The molecule has 4 aromatic rings. The fourth-order valence-electron chi connectivity index (χ4n) is 4.60. The van der Waals surface area contributed by atoms with Gasteiger partial charge in [-0.2, -0.15) is 5.26 Å². The Morgan fingerprint density at radius 1 is 1.03 bits per heavy atom. The Bertz CT molecular complexity index is 1590. The van der Waals surface area contributed by atoms with E-state index in [0.717, 1.165) is 41.2 Å². The number of rotatable bonds is 9. The first-order valence-corrected chi connectivity index (χ1v) is 12.7. The Kier molecular flexibility index (Phi) is 7.82. The minimum atomic E-state index is -0.382. The third-order valence-electron chi connectivity index (χ3n) is 6.75. The van der Waals surface area contributed by atoms with Crippen molar-refractivity contribution < 1.29 is 9.53 Å². The van der Waals surface area contributed by atoms with Gasteiger partial charge in [0.2, 0.25) is 5.78 Å². The third-order valence-corrected chi connectivity index (χ3v) is 6.75. The van der Waals surface area contributed by atoms with Crippen molar-refractivity contribution in [2.75, 3.05) is 6.61 Å². The number of nitrogens with zero attached hydrogens (tertiary/aromatic N) is 4. The summed E-state index contributed by atoms with van der Waals surface area (Å²) in [6.07, 6.45) is 3.62. The van der Waals surface area contributed by atoms with Crippen molar-refractivity contribution in [2.24, 2.45) is 7.05 Å². The second-order valence-corrected chi connectivity index (χ2v) is 9.30. The summed E-state index contributed by atoms with van der Waals surface area (Å²) in [5.74, 6) is 0.371. The number of para-hydroxylation sites is 1. The summed E-state index contributed by atoms with van der Waals surface area (Å²) in [6, 6.07) is 20.6. The molecule has 0 aliphatic rings. The maximum absolute atomic E-state index is 13.6. The minimum Gasteiger partial charge on any atom is -0.494 e. The molecule has 0 aliphatic carbocycles. The number of Topliss-reactive ketones (excluding diaryl/α,β-unsaturated/α-hetero) is 1. The third kappa shape index (κ3) is 4.98. The molecule has 0 atom stereocenters. The predicted molar refractivity (Wildman–Crippen MR) is 149 cm³/mol. The van der Waals surface area contributed by atoms with Crippen LogP contribution in [0.4, 0.5) is 0 Å². The number of benzene rings is 2. The second-order valence-electron chi connectivity index (χ2n) is 9.30. The van der Waals surface area contributed by atoms with E-state index in [4.69, 9.17) is 4.74 Å². The van der Waals surface area contributed by atoms with Crippen molar-refractivity contribution in [1.29, 1.82) is 5.26 Å². The molecule has 0 amide bonds.